The van der Waals surface area contributed by atoms with Gasteiger partial charge in [0.2, 0.25) is 5.95 Å². The third-order valence-corrected chi connectivity index (χ3v) is 7.01. The van der Waals surface area contributed by atoms with Gasteiger partial charge in [-0.2, -0.15) is 5.10 Å². The zero-order valence-corrected chi connectivity index (χ0v) is 20.7. The number of aromatic nitrogens is 7. The number of pyridine rings is 2. The number of hydrogen-bond acceptors (Lipinski definition) is 6. The molecule has 0 amide bonds. The van der Waals surface area contributed by atoms with Crippen LogP contribution in [0.4, 0.5) is 5.95 Å². The van der Waals surface area contributed by atoms with Crippen molar-refractivity contribution in [2.45, 2.75) is 33.2 Å². The highest BCUT2D eigenvalue weighted by molar-refractivity contribution is 5.84. The SMILES string of the molecule is CCN1CCCn2c1ncc(-c1ccc(Cc3c[nH]c4ncc(-c5cnn(C)c5)cc34)c(C)n1)c2=O. The van der Waals surface area contributed by atoms with Crippen LogP contribution >= 0.6 is 0 Å². The summed E-state index contributed by atoms with van der Waals surface area (Å²) in [6.45, 7) is 6.54. The summed E-state index contributed by atoms with van der Waals surface area (Å²) < 4.78 is 3.57. The van der Waals surface area contributed by atoms with E-state index < -0.39 is 0 Å². The lowest BCUT2D eigenvalue weighted by molar-refractivity contribution is 0.538. The van der Waals surface area contributed by atoms with Crippen molar-refractivity contribution in [1.82, 2.24) is 34.3 Å². The van der Waals surface area contributed by atoms with Gasteiger partial charge in [-0.15, -0.1) is 0 Å². The molecule has 1 aliphatic rings. The average Bonchev–Trinajstić information content (AvgIpc) is 3.51. The predicted octanol–water partition coefficient (Wildman–Crippen LogP) is 3.71. The lowest BCUT2D eigenvalue weighted by atomic mass is 10.0. The zero-order valence-electron chi connectivity index (χ0n) is 20.7. The summed E-state index contributed by atoms with van der Waals surface area (Å²) in [5, 5.41) is 5.36. The van der Waals surface area contributed by atoms with E-state index in [1.165, 1.54) is 0 Å². The van der Waals surface area contributed by atoms with E-state index in [0.717, 1.165) is 64.4 Å². The zero-order chi connectivity index (χ0) is 24.8. The van der Waals surface area contributed by atoms with Crippen LogP contribution in [0.3, 0.4) is 0 Å². The van der Waals surface area contributed by atoms with Crippen LogP contribution < -0.4 is 10.5 Å². The maximum Gasteiger partial charge on any atom is 0.264 e. The van der Waals surface area contributed by atoms with Crippen LogP contribution in [-0.4, -0.2) is 47.4 Å². The Morgan fingerprint density at radius 3 is 2.72 bits per heavy atom. The van der Waals surface area contributed by atoms with Crippen LogP contribution in [0.5, 0.6) is 0 Å². The molecule has 1 aliphatic heterocycles. The molecular formula is C27H28N8O. The summed E-state index contributed by atoms with van der Waals surface area (Å²) in [6.07, 6.45) is 11.0. The van der Waals surface area contributed by atoms with Crippen LogP contribution in [0, 0.1) is 6.92 Å². The fourth-order valence-corrected chi connectivity index (χ4v) is 5.00. The number of nitrogens with zero attached hydrogens (tertiary/aromatic N) is 7. The molecule has 0 saturated heterocycles. The lowest BCUT2D eigenvalue weighted by Crippen LogP contribution is -2.38. The van der Waals surface area contributed by atoms with Gasteiger partial charge in [-0.3, -0.25) is 19.0 Å². The average molecular weight is 481 g/mol. The molecule has 9 nitrogen and oxygen atoms in total. The Morgan fingerprint density at radius 1 is 1.06 bits per heavy atom. The first-order valence-electron chi connectivity index (χ1n) is 12.3. The van der Waals surface area contributed by atoms with Crippen molar-refractivity contribution in [2.75, 3.05) is 18.0 Å². The van der Waals surface area contributed by atoms with Gasteiger partial charge < -0.3 is 9.88 Å². The molecular weight excluding hydrogens is 452 g/mol. The Morgan fingerprint density at radius 2 is 1.94 bits per heavy atom. The number of hydrogen-bond donors (Lipinski definition) is 1. The number of anilines is 1. The fraction of sp³-hybridized carbons (Fsp3) is 0.296. The molecule has 0 fully saturated rings. The molecule has 36 heavy (non-hydrogen) atoms. The minimum absolute atomic E-state index is 0.0246. The van der Waals surface area contributed by atoms with Gasteiger partial charge in [0, 0.05) is 80.1 Å². The number of fused-ring (bicyclic) bond motifs is 2. The minimum atomic E-state index is -0.0246. The summed E-state index contributed by atoms with van der Waals surface area (Å²) in [5.41, 5.74) is 7.26. The Hall–Kier alpha value is -4.27. The van der Waals surface area contributed by atoms with Crippen LogP contribution in [0.2, 0.25) is 0 Å². The van der Waals surface area contributed by atoms with E-state index in [9.17, 15) is 4.79 Å². The smallest absolute Gasteiger partial charge is 0.264 e. The van der Waals surface area contributed by atoms with Crippen LogP contribution in [-0.2, 0) is 20.0 Å². The van der Waals surface area contributed by atoms with E-state index in [-0.39, 0.29) is 5.56 Å². The Labute approximate surface area is 208 Å². The molecule has 0 unspecified atom stereocenters. The van der Waals surface area contributed by atoms with Gasteiger partial charge in [0.05, 0.1) is 17.5 Å². The van der Waals surface area contributed by atoms with Crippen molar-refractivity contribution in [3.8, 4) is 22.4 Å². The van der Waals surface area contributed by atoms with Crippen molar-refractivity contribution in [1.29, 1.82) is 0 Å². The molecule has 5 aromatic heterocycles. The second-order valence-corrected chi connectivity index (χ2v) is 9.32. The Balaban J connectivity index is 1.32. The van der Waals surface area contributed by atoms with E-state index in [4.69, 9.17) is 4.98 Å². The number of H-pyrrole nitrogens is 1. The molecule has 182 valence electrons. The van der Waals surface area contributed by atoms with E-state index in [0.29, 0.717) is 24.2 Å². The summed E-state index contributed by atoms with van der Waals surface area (Å²) in [4.78, 5) is 32.7. The molecule has 1 N–H and O–H groups in total. The van der Waals surface area contributed by atoms with Gasteiger partial charge in [-0.05, 0) is 43.5 Å². The summed E-state index contributed by atoms with van der Waals surface area (Å²) in [5.74, 6) is 0.754. The number of aryl methyl sites for hydroxylation is 2. The van der Waals surface area contributed by atoms with E-state index in [1.807, 2.05) is 44.8 Å². The molecule has 0 atom stereocenters. The van der Waals surface area contributed by atoms with Crippen LogP contribution in [0.1, 0.15) is 30.2 Å². The molecule has 5 aromatic rings. The third kappa shape index (κ3) is 3.77. The lowest BCUT2D eigenvalue weighted by Gasteiger charge is -2.29. The second kappa shape index (κ2) is 8.75. The Bertz CT molecular complexity index is 1640. The molecule has 0 spiro atoms. The van der Waals surface area contributed by atoms with E-state index >= 15 is 0 Å². The third-order valence-electron chi connectivity index (χ3n) is 7.01. The molecule has 9 heteroatoms. The summed E-state index contributed by atoms with van der Waals surface area (Å²) >= 11 is 0. The molecule has 0 radical (unpaired) electrons. The summed E-state index contributed by atoms with van der Waals surface area (Å²) in [7, 11) is 1.91. The topological polar surface area (TPSA) is 97.5 Å². The minimum Gasteiger partial charge on any atom is -0.346 e. The van der Waals surface area contributed by atoms with E-state index in [2.05, 4.69) is 44.0 Å². The Kier molecular flexibility index (Phi) is 5.40. The van der Waals surface area contributed by atoms with Gasteiger partial charge in [0.15, 0.2) is 0 Å². The van der Waals surface area contributed by atoms with Gasteiger partial charge in [0.1, 0.15) is 5.65 Å². The number of aromatic amines is 1. The first kappa shape index (κ1) is 22.2. The molecule has 0 aromatic carbocycles. The molecule has 6 heterocycles. The van der Waals surface area contributed by atoms with Gasteiger partial charge in [-0.1, -0.05) is 6.07 Å². The van der Waals surface area contributed by atoms with Crippen molar-refractivity contribution in [2.24, 2.45) is 7.05 Å². The molecule has 6 rings (SSSR count). The second-order valence-electron chi connectivity index (χ2n) is 9.32. The predicted molar refractivity (Wildman–Crippen MR) is 140 cm³/mol. The van der Waals surface area contributed by atoms with Crippen molar-refractivity contribution in [3.63, 3.8) is 0 Å². The highest BCUT2D eigenvalue weighted by atomic mass is 16.1. The quantitative estimate of drug-likeness (QED) is 0.412. The first-order chi connectivity index (χ1) is 17.5. The number of rotatable bonds is 5. The number of nitrogens with one attached hydrogen (secondary N) is 1. The largest absolute Gasteiger partial charge is 0.346 e. The normalized spacial score (nSPS) is 13.4. The van der Waals surface area contributed by atoms with Gasteiger partial charge in [-0.25, -0.2) is 9.97 Å². The van der Waals surface area contributed by atoms with Crippen LogP contribution in [0.25, 0.3) is 33.4 Å². The fourth-order valence-electron chi connectivity index (χ4n) is 5.00. The molecule has 0 saturated carbocycles. The van der Waals surface area contributed by atoms with E-state index in [1.54, 1.807) is 15.4 Å². The van der Waals surface area contributed by atoms with Crippen LogP contribution in [0.15, 0.2) is 54.0 Å². The first-order valence-corrected chi connectivity index (χ1v) is 12.3. The molecule has 0 aliphatic carbocycles. The highest BCUT2D eigenvalue weighted by Gasteiger charge is 2.21. The van der Waals surface area contributed by atoms with Crippen molar-refractivity contribution < 1.29 is 0 Å². The maximum absolute atomic E-state index is 13.3. The highest BCUT2D eigenvalue weighted by Crippen LogP contribution is 2.27. The van der Waals surface area contributed by atoms with Gasteiger partial charge in [0.25, 0.3) is 5.56 Å². The summed E-state index contributed by atoms with van der Waals surface area (Å²) in [6, 6.07) is 6.15. The standard InChI is InChI=1S/C27H28N8O/c1-4-34-8-5-9-35-26(36)23(15-30-27(34)35)24-7-6-18(17(2)32-24)10-20-13-29-25-22(20)11-19(12-28-25)21-14-31-33(3)16-21/h6-7,11-16H,4-5,8-10H2,1-3H3,(H,28,29). The van der Waals surface area contributed by atoms with Gasteiger partial charge >= 0.3 is 0 Å². The monoisotopic (exact) mass is 480 g/mol. The maximum atomic E-state index is 13.3. The molecule has 0 bridgehead atoms. The van der Waals surface area contributed by atoms with Crippen molar-refractivity contribution >= 4 is 17.0 Å². The van der Waals surface area contributed by atoms with Crippen molar-refractivity contribution in [3.05, 3.63) is 76.4 Å².